The molecule has 2 N–H and O–H groups in total. The molecule has 2 rings (SSSR count). The summed E-state index contributed by atoms with van der Waals surface area (Å²) in [5, 5.41) is 20.1. The van der Waals surface area contributed by atoms with Crippen molar-refractivity contribution in [2.45, 2.75) is 25.7 Å². The number of thiazole rings is 1. The fourth-order valence-corrected chi connectivity index (χ4v) is 2.71. The van der Waals surface area contributed by atoms with Crippen LogP contribution < -0.4 is 5.48 Å². The van der Waals surface area contributed by atoms with E-state index in [1.54, 1.807) is 16.8 Å². The van der Waals surface area contributed by atoms with E-state index in [9.17, 15) is 4.79 Å². The van der Waals surface area contributed by atoms with Gasteiger partial charge in [0.05, 0.1) is 22.3 Å². The van der Waals surface area contributed by atoms with Crippen molar-refractivity contribution in [2.24, 2.45) is 0 Å². The predicted molar refractivity (Wildman–Crippen MR) is 78.9 cm³/mol. The van der Waals surface area contributed by atoms with E-state index in [1.807, 2.05) is 29.6 Å². The topological polar surface area (TPSA) is 86.0 Å². The lowest BCUT2D eigenvalue weighted by atomic mass is 10.1. The number of aryl methyl sites for hydroxylation is 3. The summed E-state index contributed by atoms with van der Waals surface area (Å²) in [4.78, 5) is 15.4. The van der Waals surface area contributed by atoms with Gasteiger partial charge in [-0.05, 0) is 30.5 Å². The molecule has 0 aliphatic rings. The molecule has 0 aliphatic carbocycles. The Morgan fingerprint density at radius 3 is 2.71 bits per heavy atom. The molecule has 0 saturated carbocycles. The normalized spacial score (nSPS) is 10.1. The minimum absolute atomic E-state index is 0.231. The van der Waals surface area contributed by atoms with Crippen molar-refractivity contribution in [1.29, 1.82) is 5.26 Å². The number of nitriles is 1. The maximum absolute atomic E-state index is 10.9. The highest BCUT2D eigenvalue weighted by molar-refractivity contribution is 7.09. The number of rotatable bonds is 6. The SMILES string of the molecule is N#Cc1ccc(CCc2nc(CCC(=O)NO)cs2)cc1. The Kier molecular flexibility index (Phi) is 5.43. The smallest absolute Gasteiger partial charge is 0.243 e. The van der Waals surface area contributed by atoms with Crippen LogP contribution in [-0.2, 0) is 24.1 Å². The number of nitrogens with zero attached hydrogens (tertiary/aromatic N) is 2. The monoisotopic (exact) mass is 301 g/mol. The van der Waals surface area contributed by atoms with Crippen LogP contribution in [0.25, 0.3) is 0 Å². The van der Waals surface area contributed by atoms with Gasteiger partial charge in [-0.1, -0.05) is 12.1 Å². The first kappa shape index (κ1) is 15.2. The number of aromatic nitrogens is 1. The molecule has 0 atom stereocenters. The van der Waals surface area contributed by atoms with E-state index in [-0.39, 0.29) is 6.42 Å². The van der Waals surface area contributed by atoms with Gasteiger partial charge in [0.1, 0.15) is 0 Å². The van der Waals surface area contributed by atoms with Crippen molar-refractivity contribution in [2.75, 3.05) is 0 Å². The van der Waals surface area contributed by atoms with Crippen molar-refractivity contribution in [3.8, 4) is 6.07 Å². The Bertz CT molecular complexity index is 644. The second kappa shape index (κ2) is 7.53. The van der Waals surface area contributed by atoms with Crippen LogP contribution in [0.15, 0.2) is 29.6 Å². The lowest BCUT2D eigenvalue weighted by molar-refractivity contribution is -0.129. The Labute approximate surface area is 126 Å². The minimum atomic E-state index is -0.401. The predicted octanol–water partition coefficient (Wildman–Crippen LogP) is 2.24. The Morgan fingerprint density at radius 1 is 1.29 bits per heavy atom. The summed E-state index contributed by atoms with van der Waals surface area (Å²) in [6.45, 7) is 0. The maximum Gasteiger partial charge on any atom is 0.243 e. The van der Waals surface area contributed by atoms with Crippen molar-refractivity contribution < 1.29 is 10.0 Å². The zero-order chi connectivity index (χ0) is 15.1. The minimum Gasteiger partial charge on any atom is -0.289 e. The number of nitrogens with one attached hydrogen (secondary N) is 1. The molecule has 0 bridgehead atoms. The first-order valence-electron chi connectivity index (χ1n) is 6.56. The fourth-order valence-electron chi connectivity index (χ4n) is 1.87. The van der Waals surface area contributed by atoms with Gasteiger partial charge in [-0.3, -0.25) is 10.0 Å². The van der Waals surface area contributed by atoms with Crippen LogP contribution in [0.1, 0.15) is 28.2 Å². The molecule has 1 amide bonds. The summed E-state index contributed by atoms with van der Waals surface area (Å²) in [6, 6.07) is 9.64. The van der Waals surface area contributed by atoms with Gasteiger partial charge in [0.2, 0.25) is 5.91 Å². The fraction of sp³-hybridized carbons (Fsp3) is 0.267. The lowest BCUT2D eigenvalue weighted by Crippen LogP contribution is -2.18. The van der Waals surface area contributed by atoms with Gasteiger partial charge in [-0.2, -0.15) is 5.26 Å². The molecule has 0 aliphatic heterocycles. The molecule has 1 aromatic carbocycles. The first-order valence-corrected chi connectivity index (χ1v) is 7.44. The second-order valence-electron chi connectivity index (χ2n) is 4.58. The summed E-state index contributed by atoms with van der Waals surface area (Å²) in [5.41, 5.74) is 4.32. The van der Waals surface area contributed by atoms with Gasteiger partial charge in [0.25, 0.3) is 0 Å². The number of carbonyl (C=O) groups excluding carboxylic acids is 1. The van der Waals surface area contributed by atoms with Gasteiger partial charge in [-0.15, -0.1) is 11.3 Å². The molecular weight excluding hydrogens is 286 g/mol. The summed E-state index contributed by atoms with van der Waals surface area (Å²) in [5.74, 6) is -0.401. The first-order chi connectivity index (χ1) is 10.2. The number of amides is 1. The van der Waals surface area contributed by atoms with Crippen LogP contribution in [0.5, 0.6) is 0 Å². The zero-order valence-corrected chi connectivity index (χ0v) is 12.2. The molecule has 21 heavy (non-hydrogen) atoms. The third-order valence-electron chi connectivity index (χ3n) is 3.04. The third-order valence-corrected chi connectivity index (χ3v) is 4.00. The van der Waals surface area contributed by atoms with Crippen molar-refractivity contribution >= 4 is 17.2 Å². The van der Waals surface area contributed by atoms with Crippen LogP contribution in [-0.4, -0.2) is 16.1 Å². The Balaban J connectivity index is 1.84. The molecule has 0 fully saturated rings. The van der Waals surface area contributed by atoms with E-state index in [0.717, 1.165) is 23.5 Å². The molecule has 1 heterocycles. The molecule has 0 unspecified atom stereocenters. The van der Waals surface area contributed by atoms with Gasteiger partial charge >= 0.3 is 0 Å². The van der Waals surface area contributed by atoms with Gasteiger partial charge in [0, 0.05) is 18.2 Å². The van der Waals surface area contributed by atoms with Crippen LogP contribution in [0, 0.1) is 11.3 Å². The quantitative estimate of drug-likeness (QED) is 0.633. The van der Waals surface area contributed by atoms with Crippen LogP contribution in [0.2, 0.25) is 0 Å². The zero-order valence-electron chi connectivity index (χ0n) is 11.4. The lowest BCUT2D eigenvalue weighted by Gasteiger charge is -1.99. The highest BCUT2D eigenvalue weighted by atomic mass is 32.1. The van der Waals surface area contributed by atoms with Gasteiger partial charge < -0.3 is 0 Å². The second-order valence-corrected chi connectivity index (χ2v) is 5.52. The average molecular weight is 301 g/mol. The number of hydrogen-bond donors (Lipinski definition) is 2. The van der Waals surface area contributed by atoms with E-state index >= 15 is 0 Å². The number of carbonyl (C=O) groups is 1. The summed E-state index contributed by atoms with van der Waals surface area (Å²) in [6.07, 6.45) is 2.47. The molecular formula is C15H15N3O2S. The molecule has 1 aromatic heterocycles. The van der Waals surface area contributed by atoms with E-state index in [1.165, 1.54) is 5.56 Å². The third kappa shape index (κ3) is 4.67. The summed E-state index contributed by atoms with van der Waals surface area (Å²) >= 11 is 1.58. The van der Waals surface area contributed by atoms with E-state index in [4.69, 9.17) is 10.5 Å². The summed E-state index contributed by atoms with van der Waals surface area (Å²) in [7, 11) is 0. The van der Waals surface area contributed by atoms with Crippen molar-refractivity contribution in [3.05, 3.63) is 51.5 Å². The molecule has 0 saturated heterocycles. The average Bonchev–Trinajstić information content (AvgIpc) is 2.99. The number of hydroxylamine groups is 1. The Hall–Kier alpha value is -2.23. The van der Waals surface area contributed by atoms with Gasteiger partial charge in [-0.25, -0.2) is 10.5 Å². The van der Waals surface area contributed by atoms with E-state index in [0.29, 0.717) is 12.0 Å². The molecule has 2 aromatic rings. The highest BCUT2D eigenvalue weighted by Gasteiger charge is 2.05. The molecule has 108 valence electrons. The van der Waals surface area contributed by atoms with Crippen LogP contribution in [0.3, 0.4) is 0 Å². The van der Waals surface area contributed by atoms with Crippen molar-refractivity contribution in [3.63, 3.8) is 0 Å². The maximum atomic E-state index is 10.9. The molecule has 0 spiro atoms. The van der Waals surface area contributed by atoms with Crippen LogP contribution >= 0.6 is 11.3 Å². The van der Waals surface area contributed by atoms with Crippen LogP contribution in [0.4, 0.5) is 0 Å². The standard InChI is InChI=1S/C15H15N3O2S/c16-9-12-3-1-11(2-4-12)5-8-15-17-13(10-21-15)6-7-14(19)18-20/h1-4,10,20H,5-8H2,(H,18,19). The summed E-state index contributed by atoms with van der Waals surface area (Å²) < 4.78 is 0. The van der Waals surface area contributed by atoms with E-state index < -0.39 is 5.91 Å². The number of benzene rings is 1. The molecule has 0 radical (unpaired) electrons. The Morgan fingerprint density at radius 2 is 2.05 bits per heavy atom. The largest absolute Gasteiger partial charge is 0.289 e. The van der Waals surface area contributed by atoms with Gasteiger partial charge in [0.15, 0.2) is 0 Å². The number of hydrogen-bond acceptors (Lipinski definition) is 5. The highest BCUT2D eigenvalue weighted by Crippen LogP contribution is 2.14. The molecule has 5 nitrogen and oxygen atoms in total. The van der Waals surface area contributed by atoms with E-state index in [2.05, 4.69) is 11.1 Å². The molecule has 6 heteroatoms. The van der Waals surface area contributed by atoms with Crippen molar-refractivity contribution in [1.82, 2.24) is 10.5 Å².